The third-order valence-corrected chi connectivity index (χ3v) is 3.49. The Morgan fingerprint density at radius 3 is 2.82 bits per heavy atom. The predicted molar refractivity (Wildman–Crippen MR) is 52.0 cm³/mol. The zero-order valence-electron chi connectivity index (χ0n) is 7.39. The van der Waals surface area contributed by atoms with Crippen LogP contribution in [0.1, 0.15) is 20.3 Å². The van der Waals surface area contributed by atoms with Crippen LogP contribution in [-0.4, -0.2) is 29.6 Å². The molecule has 1 atom stereocenters. The fourth-order valence-corrected chi connectivity index (χ4v) is 2.29. The van der Waals surface area contributed by atoms with Crippen LogP contribution in [0.5, 0.6) is 0 Å². The molecule has 66 valence electrons. The normalized spacial score (nSPS) is 25.9. The van der Waals surface area contributed by atoms with Crippen LogP contribution in [0.4, 0.5) is 0 Å². The summed E-state index contributed by atoms with van der Waals surface area (Å²) >= 11 is 2.00. The van der Waals surface area contributed by atoms with E-state index >= 15 is 0 Å². The molecule has 0 aromatic rings. The number of rotatable bonds is 3. The van der Waals surface area contributed by atoms with Crippen molar-refractivity contribution in [3.8, 4) is 0 Å². The van der Waals surface area contributed by atoms with Crippen LogP contribution in [0.3, 0.4) is 0 Å². The first-order chi connectivity index (χ1) is 5.08. The van der Waals surface area contributed by atoms with Gasteiger partial charge in [-0.2, -0.15) is 11.8 Å². The van der Waals surface area contributed by atoms with Gasteiger partial charge < -0.3 is 11.1 Å². The fourth-order valence-electron chi connectivity index (χ4n) is 1.10. The van der Waals surface area contributed by atoms with Crippen LogP contribution >= 0.6 is 11.8 Å². The number of nitrogens with two attached hydrogens (primary N) is 1. The molecule has 1 saturated heterocycles. The standard InChI is InChI=1S/C8H18N2S/c1-8(2,9)6-11-7-3-4-10-5-7/h7,10H,3-6,9H2,1-2H3. The van der Waals surface area contributed by atoms with E-state index in [1.165, 1.54) is 19.5 Å². The maximum atomic E-state index is 5.87. The van der Waals surface area contributed by atoms with Gasteiger partial charge in [0.1, 0.15) is 0 Å². The lowest BCUT2D eigenvalue weighted by atomic mass is 10.1. The molecule has 3 N–H and O–H groups in total. The van der Waals surface area contributed by atoms with E-state index in [1.807, 2.05) is 11.8 Å². The van der Waals surface area contributed by atoms with Crippen molar-refractivity contribution in [2.75, 3.05) is 18.8 Å². The van der Waals surface area contributed by atoms with Gasteiger partial charge in [0.25, 0.3) is 0 Å². The van der Waals surface area contributed by atoms with Crippen molar-refractivity contribution in [1.29, 1.82) is 0 Å². The van der Waals surface area contributed by atoms with Crippen LogP contribution in [-0.2, 0) is 0 Å². The number of hydrogen-bond acceptors (Lipinski definition) is 3. The smallest absolute Gasteiger partial charge is 0.0188 e. The largest absolute Gasteiger partial charge is 0.325 e. The van der Waals surface area contributed by atoms with Gasteiger partial charge in [-0.25, -0.2) is 0 Å². The Balaban J connectivity index is 2.11. The molecule has 1 rings (SSSR count). The summed E-state index contributed by atoms with van der Waals surface area (Å²) in [4.78, 5) is 0. The van der Waals surface area contributed by atoms with Crippen molar-refractivity contribution in [3.63, 3.8) is 0 Å². The highest BCUT2D eigenvalue weighted by Gasteiger charge is 2.18. The van der Waals surface area contributed by atoms with Gasteiger partial charge in [-0.1, -0.05) is 0 Å². The minimum Gasteiger partial charge on any atom is -0.325 e. The van der Waals surface area contributed by atoms with E-state index in [1.54, 1.807) is 0 Å². The minimum atomic E-state index is -0.00669. The summed E-state index contributed by atoms with van der Waals surface area (Å²) in [5.41, 5.74) is 5.87. The Bertz CT molecular complexity index is 114. The third-order valence-electron chi connectivity index (χ3n) is 1.71. The van der Waals surface area contributed by atoms with E-state index in [0.717, 1.165) is 11.0 Å². The molecule has 0 amide bonds. The van der Waals surface area contributed by atoms with Crippen LogP contribution in [0.2, 0.25) is 0 Å². The molecule has 11 heavy (non-hydrogen) atoms. The molecule has 0 aliphatic carbocycles. The molecule has 3 heteroatoms. The van der Waals surface area contributed by atoms with Crippen LogP contribution in [0.25, 0.3) is 0 Å². The van der Waals surface area contributed by atoms with Crippen LogP contribution < -0.4 is 11.1 Å². The van der Waals surface area contributed by atoms with E-state index in [4.69, 9.17) is 5.73 Å². The van der Waals surface area contributed by atoms with Gasteiger partial charge in [-0.15, -0.1) is 0 Å². The Morgan fingerprint density at radius 1 is 1.64 bits per heavy atom. The number of nitrogens with one attached hydrogen (secondary N) is 1. The zero-order chi connectivity index (χ0) is 8.32. The summed E-state index contributed by atoms with van der Waals surface area (Å²) in [5, 5.41) is 4.15. The third kappa shape index (κ3) is 3.99. The van der Waals surface area contributed by atoms with Gasteiger partial charge in [0.15, 0.2) is 0 Å². The molecular weight excluding hydrogens is 156 g/mol. The average molecular weight is 174 g/mol. The highest BCUT2D eigenvalue weighted by molar-refractivity contribution is 8.00. The first-order valence-electron chi connectivity index (χ1n) is 4.19. The van der Waals surface area contributed by atoms with Crippen molar-refractivity contribution in [3.05, 3.63) is 0 Å². The van der Waals surface area contributed by atoms with E-state index in [0.29, 0.717) is 0 Å². The second-order valence-electron chi connectivity index (χ2n) is 3.91. The molecule has 0 aromatic carbocycles. The Morgan fingerprint density at radius 2 is 2.36 bits per heavy atom. The maximum Gasteiger partial charge on any atom is 0.0188 e. The second kappa shape index (κ2) is 3.78. The molecule has 0 radical (unpaired) electrons. The van der Waals surface area contributed by atoms with Gasteiger partial charge in [0.2, 0.25) is 0 Å². The Hall–Kier alpha value is 0.270. The molecule has 0 bridgehead atoms. The maximum absolute atomic E-state index is 5.87. The van der Waals surface area contributed by atoms with Crippen LogP contribution in [0, 0.1) is 0 Å². The van der Waals surface area contributed by atoms with Gasteiger partial charge in [0, 0.05) is 23.1 Å². The molecule has 0 aromatic heterocycles. The fraction of sp³-hybridized carbons (Fsp3) is 1.00. The molecule has 2 nitrogen and oxygen atoms in total. The molecule has 1 unspecified atom stereocenters. The monoisotopic (exact) mass is 174 g/mol. The summed E-state index contributed by atoms with van der Waals surface area (Å²) in [7, 11) is 0. The molecule has 1 heterocycles. The van der Waals surface area contributed by atoms with Gasteiger partial charge in [-0.05, 0) is 26.8 Å². The van der Waals surface area contributed by atoms with Crippen LogP contribution in [0.15, 0.2) is 0 Å². The lowest BCUT2D eigenvalue weighted by Gasteiger charge is -2.19. The summed E-state index contributed by atoms with van der Waals surface area (Å²) in [5.74, 6) is 1.07. The Labute approximate surface area is 73.3 Å². The second-order valence-corrected chi connectivity index (χ2v) is 5.20. The predicted octanol–water partition coefficient (Wildman–Crippen LogP) is 0.819. The van der Waals surface area contributed by atoms with Gasteiger partial charge in [0.05, 0.1) is 0 Å². The van der Waals surface area contributed by atoms with E-state index in [9.17, 15) is 0 Å². The minimum absolute atomic E-state index is 0.00669. The lowest BCUT2D eigenvalue weighted by molar-refractivity contribution is 0.590. The lowest BCUT2D eigenvalue weighted by Crippen LogP contribution is -2.35. The Kier molecular flexibility index (Phi) is 3.22. The van der Waals surface area contributed by atoms with Crippen molar-refractivity contribution < 1.29 is 0 Å². The molecule has 0 saturated carbocycles. The summed E-state index contributed by atoms with van der Waals surface area (Å²) in [6, 6.07) is 0. The molecule has 1 fully saturated rings. The van der Waals surface area contributed by atoms with Crippen molar-refractivity contribution in [1.82, 2.24) is 5.32 Å². The first kappa shape index (κ1) is 9.36. The average Bonchev–Trinajstić information content (AvgIpc) is 2.32. The summed E-state index contributed by atoms with van der Waals surface area (Å²) in [6.07, 6.45) is 1.31. The van der Waals surface area contributed by atoms with Crippen molar-refractivity contribution >= 4 is 11.8 Å². The quantitative estimate of drug-likeness (QED) is 0.665. The molecule has 1 aliphatic heterocycles. The first-order valence-corrected chi connectivity index (χ1v) is 5.24. The van der Waals surface area contributed by atoms with Crippen molar-refractivity contribution in [2.45, 2.75) is 31.1 Å². The molecule has 0 spiro atoms. The molecule has 1 aliphatic rings. The zero-order valence-corrected chi connectivity index (χ0v) is 8.21. The SMILES string of the molecule is CC(C)(N)CSC1CCNC1. The number of hydrogen-bond donors (Lipinski definition) is 2. The van der Waals surface area contributed by atoms with E-state index in [2.05, 4.69) is 19.2 Å². The number of thioether (sulfide) groups is 1. The topological polar surface area (TPSA) is 38.0 Å². The molecular formula is C8H18N2S. The van der Waals surface area contributed by atoms with E-state index < -0.39 is 0 Å². The van der Waals surface area contributed by atoms with Crippen molar-refractivity contribution in [2.24, 2.45) is 5.73 Å². The summed E-state index contributed by atoms with van der Waals surface area (Å²) < 4.78 is 0. The summed E-state index contributed by atoms with van der Waals surface area (Å²) in [6.45, 7) is 6.52. The highest BCUT2D eigenvalue weighted by atomic mass is 32.2. The van der Waals surface area contributed by atoms with Gasteiger partial charge in [-0.3, -0.25) is 0 Å². The van der Waals surface area contributed by atoms with Gasteiger partial charge >= 0.3 is 0 Å². The van der Waals surface area contributed by atoms with E-state index in [-0.39, 0.29) is 5.54 Å². The highest BCUT2D eigenvalue weighted by Crippen LogP contribution is 2.20.